The number of benzene rings is 1. The quantitative estimate of drug-likeness (QED) is 0.447. The minimum Gasteiger partial charge on any atom is -0.462 e. The molecule has 150 valence electrons. The molecule has 0 bridgehead atoms. The monoisotopic (exact) mass is 417 g/mol. The lowest BCUT2D eigenvalue weighted by Gasteiger charge is -2.11. The molecule has 0 atom stereocenters. The highest BCUT2D eigenvalue weighted by Gasteiger charge is 2.16. The second-order valence-corrected chi connectivity index (χ2v) is 7.22. The fourth-order valence-electron chi connectivity index (χ4n) is 2.83. The van der Waals surface area contributed by atoms with Crippen molar-refractivity contribution in [3.05, 3.63) is 71.6 Å². The van der Waals surface area contributed by atoms with Gasteiger partial charge in [0.1, 0.15) is 22.2 Å². The Labute approximate surface area is 177 Å². The van der Waals surface area contributed by atoms with Gasteiger partial charge in [0, 0.05) is 29.0 Å². The zero-order valence-corrected chi connectivity index (χ0v) is 17.3. The molecule has 0 spiro atoms. The van der Waals surface area contributed by atoms with Gasteiger partial charge < -0.3 is 10.1 Å². The van der Waals surface area contributed by atoms with Crippen LogP contribution in [-0.2, 0) is 4.74 Å². The van der Waals surface area contributed by atoms with Crippen LogP contribution >= 0.6 is 11.3 Å². The summed E-state index contributed by atoms with van der Waals surface area (Å²) in [6.45, 7) is 3.81. The Morgan fingerprint density at radius 1 is 1.10 bits per heavy atom. The number of anilines is 2. The number of hydrogen-bond donors (Lipinski definition) is 1. The molecule has 0 aliphatic carbocycles. The molecule has 4 rings (SSSR count). The molecule has 4 aromatic rings. The van der Waals surface area contributed by atoms with Crippen LogP contribution in [0.2, 0.25) is 0 Å². The number of esters is 1. The fourth-order valence-corrected chi connectivity index (χ4v) is 3.63. The maximum atomic E-state index is 12.2. The van der Waals surface area contributed by atoms with Gasteiger partial charge in [-0.3, -0.25) is 4.98 Å². The molecule has 0 radical (unpaired) electrons. The first-order chi connectivity index (χ1) is 14.6. The van der Waals surface area contributed by atoms with E-state index >= 15 is 0 Å². The van der Waals surface area contributed by atoms with Crippen molar-refractivity contribution in [3.8, 4) is 22.0 Å². The number of nitrogens with one attached hydrogen (secondary N) is 1. The number of nitrogens with zero attached hydrogens (tertiary/aromatic N) is 4. The number of hydrogen-bond acceptors (Lipinski definition) is 8. The van der Waals surface area contributed by atoms with Crippen molar-refractivity contribution in [1.29, 1.82) is 0 Å². The van der Waals surface area contributed by atoms with Crippen LogP contribution in [0.1, 0.15) is 23.1 Å². The van der Waals surface area contributed by atoms with Crippen molar-refractivity contribution in [2.75, 3.05) is 11.9 Å². The summed E-state index contributed by atoms with van der Waals surface area (Å²) < 4.78 is 5.11. The van der Waals surface area contributed by atoms with Crippen molar-refractivity contribution in [1.82, 2.24) is 19.9 Å². The number of aryl methyl sites for hydroxylation is 1. The largest absolute Gasteiger partial charge is 0.462 e. The van der Waals surface area contributed by atoms with Crippen LogP contribution in [0.3, 0.4) is 0 Å². The Balaban J connectivity index is 1.62. The number of carbonyl (C=O) groups excluding carboxylic acids is 1. The zero-order chi connectivity index (χ0) is 20.9. The molecule has 3 aromatic heterocycles. The summed E-state index contributed by atoms with van der Waals surface area (Å²) in [4.78, 5) is 29.8. The van der Waals surface area contributed by atoms with Crippen LogP contribution < -0.4 is 5.32 Å². The van der Waals surface area contributed by atoms with Gasteiger partial charge in [0.25, 0.3) is 0 Å². The van der Waals surface area contributed by atoms with Gasteiger partial charge in [0.2, 0.25) is 0 Å². The predicted molar refractivity (Wildman–Crippen MR) is 117 cm³/mol. The summed E-state index contributed by atoms with van der Waals surface area (Å²) in [5.41, 5.74) is 3.72. The Bertz CT molecular complexity index is 1180. The van der Waals surface area contributed by atoms with Gasteiger partial charge in [-0.1, -0.05) is 18.2 Å². The molecular formula is C22H19N5O2S. The minimum atomic E-state index is -0.462. The molecule has 0 aliphatic rings. The lowest BCUT2D eigenvalue weighted by molar-refractivity contribution is 0.0526. The maximum absolute atomic E-state index is 12.2. The molecule has 1 N–H and O–H groups in total. The van der Waals surface area contributed by atoms with E-state index in [0.29, 0.717) is 17.2 Å². The first kappa shape index (κ1) is 19.7. The van der Waals surface area contributed by atoms with E-state index in [1.165, 1.54) is 6.20 Å². The predicted octanol–water partition coefficient (Wildman–Crippen LogP) is 4.89. The van der Waals surface area contributed by atoms with Crippen LogP contribution in [0.5, 0.6) is 0 Å². The van der Waals surface area contributed by atoms with Gasteiger partial charge in [-0.25, -0.2) is 19.7 Å². The molecule has 0 aliphatic heterocycles. The summed E-state index contributed by atoms with van der Waals surface area (Å²) in [5.74, 6) is 0.502. The molecule has 8 heteroatoms. The van der Waals surface area contributed by atoms with Gasteiger partial charge in [0.05, 0.1) is 18.0 Å². The van der Waals surface area contributed by atoms with Crippen LogP contribution in [0.15, 0.2) is 60.2 Å². The highest BCUT2D eigenvalue weighted by atomic mass is 32.1. The van der Waals surface area contributed by atoms with Crippen molar-refractivity contribution in [2.24, 2.45) is 0 Å². The van der Waals surface area contributed by atoms with Gasteiger partial charge >= 0.3 is 5.97 Å². The number of aromatic nitrogens is 4. The Hall–Kier alpha value is -3.65. The van der Waals surface area contributed by atoms with Gasteiger partial charge in [-0.05, 0) is 38.1 Å². The van der Waals surface area contributed by atoms with E-state index in [4.69, 9.17) is 9.72 Å². The van der Waals surface area contributed by atoms with E-state index in [1.807, 2.05) is 47.8 Å². The molecule has 3 heterocycles. The van der Waals surface area contributed by atoms with E-state index in [1.54, 1.807) is 31.4 Å². The first-order valence-corrected chi connectivity index (χ1v) is 10.3. The molecule has 0 unspecified atom stereocenters. The Morgan fingerprint density at radius 3 is 2.80 bits per heavy atom. The number of rotatable bonds is 6. The third kappa shape index (κ3) is 4.33. The lowest BCUT2D eigenvalue weighted by atomic mass is 10.1. The number of pyridine rings is 1. The standard InChI is InChI=1S/C22H19N5O2S/c1-3-29-22(28)17-12-24-14(2)25-20(17)26-16-8-6-7-15(11-16)19-13-30-21(27-19)18-9-4-5-10-23-18/h4-13H,3H2,1-2H3,(H,24,25,26). The SMILES string of the molecule is CCOC(=O)c1cnc(C)nc1Nc1cccc(-c2csc(-c3ccccn3)n2)c1. The molecule has 0 saturated heterocycles. The molecule has 30 heavy (non-hydrogen) atoms. The normalized spacial score (nSPS) is 10.6. The highest BCUT2D eigenvalue weighted by molar-refractivity contribution is 7.13. The Kier molecular flexibility index (Phi) is 5.76. The van der Waals surface area contributed by atoms with Crippen LogP contribution in [0, 0.1) is 6.92 Å². The van der Waals surface area contributed by atoms with Crippen molar-refractivity contribution >= 4 is 28.8 Å². The summed E-state index contributed by atoms with van der Waals surface area (Å²) in [7, 11) is 0. The van der Waals surface area contributed by atoms with E-state index in [2.05, 4.69) is 20.3 Å². The average Bonchev–Trinajstić information content (AvgIpc) is 3.25. The summed E-state index contributed by atoms with van der Waals surface area (Å²) in [5, 5.41) is 6.08. The number of ether oxygens (including phenoxy) is 1. The van der Waals surface area contributed by atoms with E-state index in [9.17, 15) is 4.79 Å². The first-order valence-electron chi connectivity index (χ1n) is 9.39. The third-order valence-electron chi connectivity index (χ3n) is 4.21. The highest BCUT2D eigenvalue weighted by Crippen LogP contribution is 2.30. The molecule has 0 fully saturated rings. The smallest absolute Gasteiger partial charge is 0.343 e. The molecule has 7 nitrogen and oxygen atoms in total. The van der Waals surface area contributed by atoms with Crippen molar-refractivity contribution in [2.45, 2.75) is 13.8 Å². The summed E-state index contributed by atoms with van der Waals surface area (Å²) in [6.07, 6.45) is 3.23. The van der Waals surface area contributed by atoms with Crippen molar-refractivity contribution < 1.29 is 9.53 Å². The second kappa shape index (κ2) is 8.79. The second-order valence-electron chi connectivity index (χ2n) is 6.36. The van der Waals surface area contributed by atoms with E-state index < -0.39 is 5.97 Å². The van der Waals surface area contributed by atoms with Crippen LogP contribution in [-0.4, -0.2) is 32.5 Å². The molecule has 0 amide bonds. The average molecular weight is 417 g/mol. The lowest BCUT2D eigenvalue weighted by Crippen LogP contribution is -2.11. The van der Waals surface area contributed by atoms with Gasteiger partial charge in [0.15, 0.2) is 0 Å². The van der Waals surface area contributed by atoms with Gasteiger partial charge in [-0.15, -0.1) is 11.3 Å². The topological polar surface area (TPSA) is 89.9 Å². The van der Waals surface area contributed by atoms with Gasteiger partial charge in [-0.2, -0.15) is 0 Å². The van der Waals surface area contributed by atoms with Crippen LogP contribution in [0.4, 0.5) is 11.5 Å². The summed E-state index contributed by atoms with van der Waals surface area (Å²) >= 11 is 1.55. The summed E-state index contributed by atoms with van der Waals surface area (Å²) in [6, 6.07) is 13.5. The number of thiazole rings is 1. The van der Waals surface area contributed by atoms with E-state index in [0.717, 1.165) is 27.6 Å². The molecular weight excluding hydrogens is 398 g/mol. The van der Waals surface area contributed by atoms with Crippen molar-refractivity contribution in [3.63, 3.8) is 0 Å². The fraction of sp³-hybridized carbons (Fsp3) is 0.136. The third-order valence-corrected chi connectivity index (χ3v) is 5.08. The van der Waals surface area contributed by atoms with E-state index in [-0.39, 0.29) is 6.61 Å². The molecule has 0 saturated carbocycles. The molecule has 1 aromatic carbocycles. The number of carbonyl (C=O) groups is 1. The van der Waals surface area contributed by atoms with Crippen LogP contribution in [0.25, 0.3) is 22.0 Å². The maximum Gasteiger partial charge on any atom is 0.343 e. The minimum absolute atomic E-state index is 0.282. The Morgan fingerprint density at radius 2 is 2.00 bits per heavy atom. The zero-order valence-electron chi connectivity index (χ0n) is 16.5.